The molecule has 2 rings (SSSR count). The summed E-state index contributed by atoms with van der Waals surface area (Å²) in [6, 6.07) is 0. The van der Waals surface area contributed by atoms with Gasteiger partial charge in [0.05, 0.1) is 12.5 Å². The van der Waals surface area contributed by atoms with Gasteiger partial charge < -0.3 is 9.88 Å². The second-order valence-corrected chi connectivity index (χ2v) is 3.58. The van der Waals surface area contributed by atoms with Crippen LogP contribution >= 0.6 is 0 Å². The molecule has 6 heteroatoms. The summed E-state index contributed by atoms with van der Waals surface area (Å²) in [7, 11) is 1.69. The molecule has 1 aromatic rings. The summed E-state index contributed by atoms with van der Waals surface area (Å²) in [6.07, 6.45) is 1.85. The summed E-state index contributed by atoms with van der Waals surface area (Å²) in [5, 5.41) is 10.0. The van der Waals surface area contributed by atoms with Crippen LogP contribution in [0.5, 0.6) is 0 Å². The normalized spacial score (nSPS) is 26.4. The van der Waals surface area contributed by atoms with Crippen molar-refractivity contribution in [2.75, 3.05) is 13.1 Å². The highest BCUT2D eigenvalue weighted by atomic mass is 19.3. The molecule has 1 N–H and O–H groups in total. The fourth-order valence-corrected chi connectivity index (χ4v) is 1.76. The first-order chi connectivity index (χ1) is 6.61. The Kier molecular flexibility index (Phi) is 2.22. The van der Waals surface area contributed by atoms with Crippen LogP contribution in [0.1, 0.15) is 18.2 Å². The molecule has 0 bridgehead atoms. The summed E-state index contributed by atoms with van der Waals surface area (Å²) < 4.78 is 28.5. The van der Waals surface area contributed by atoms with Crippen molar-refractivity contribution in [3.63, 3.8) is 0 Å². The fourth-order valence-electron chi connectivity index (χ4n) is 1.76. The summed E-state index contributed by atoms with van der Waals surface area (Å²) in [5.74, 6) is -3.16. The van der Waals surface area contributed by atoms with Gasteiger partial charge in [-0.1, -0.05) is 0 Å². The van der Waals surface area contributed by atoms with Crippen LogP contribution in [0.2, 0.25) is 0 Å². The number of aromatic nitrogens is 3. The third-order valence-electron chi connectivity index (χ3n) is 2.54. The van der Waals surface area contributed by atoms with Crippen molar-refractivity contribution in [2.24, 2.45) is 7.05 Å². The molecule has 0 amide bonds. The van der Waals surface area contributed by atoms with Gasteiger partial charge in [0.15, 0.2) is 0 Å². The van der Waals surface area contributed by atoms with Gasteiger partial charge in [-0.15, -0.1) is 10.2 Å². The lowest BCUT2D eigenvalue weighted by Crippen LogP contribution is -2.45. The van der Waals surface area contributed by atoms with Gasteiger partial charge in [0.25, 0.3) is 5.92 Å². The summed E-state index contributed by atoms with van der Waals surface area (Å²) in [4.78, 5) is 0. The van der Waals surface area contributed by atoms with E-state index in [2.05, 4.69) is 15.5 Å². The molecule has 0 radical (unpaired) electrons. The number of rotatable bonds is 1. The van der Waals surface area contributed by atoms with Gasteiger partial charge in [-0.3, -0.25) is 0 Å². The molecule has 1 saturated heterocycles. The lowest BCUT2D eigenvalue weighted by atomic mass is 9.93. The number of nitrogens with one attached hydrogen (secondary N) is 1. The minimum atomic E-state index is -2.72. The maximum atomic E-state index is 13.5. The van der Waals surface area contributed by atoms with Crippen molar-refractivity contribution in [3.8, 4) is 0 Å². The van der Waals surface area contributed by atoms with Crippen LogP contribution in [-0.4, -0.2) is 33.8 Å². The van der Waals surface area contributed by atoms with E-state index in [1.807, 2.05) is 0 Å². The average Bonchev–Trinajstić information content (AvgIpc) is 2.51. The summed E-state index contributed by atoms with van der Waals surface area (Å²) in [6.45, 7) is 0.331. The molecule has 0 spiro atoms. The van der Waals surface area contributed by atoms with Gasteiger partial charge in [-0.25, -0.2) is 8.78 Å². The second kappa shape index (κ2) is 3.27. The Morgan fingerprint density at radius 2 is 2.43 bits per heavy atom. The Morgan fingerprint density at radius 1 is 1.64 bits per heavy atom. The number of halogens is 2. The van der Waals surface area contributed by atoms with Crippen LogP contribution in [0.3, 0.4) is 0 Å². The van der Waals surface area contributed by atoms with E-state index in [1.54, 1.807) is 11.6 Å². The zero-order chi connectivity index (χ0) is 10.2. The van der Waals surface area contributed by atoms with Gasteiger partial charge in [-0.2, -0.15) is 0 Å². The average molecular weight is 202 g/mol. The topological polar surface area (TPSA) is 42.7 Å². The van der Waals surface area contributed by atoms with Crippen molar-refractivity contribution in [2.45, 2.75) is 18.3 Å². The molecular formula is C8H12F2N4. The molecule has 0 aliphatic carbocycles. The smallest absolute Gasteiger partial charge is 0.270 e. The van der Waals surface area contributed by atoms with Gasteiger partial charge in [0, 0.05) is 7.05 Å². The van der Waals surface area contributed by atoms with E-state index in [1.165, 1.54) is 6.33 Å². The minimum Gasteiger partial charge on any atom is -0.320 e. The first-order valence-corrected chi connectivity index (χ1v) is 4.54. The summed E-state index contributed by atoms with van der Waals surface area (Å²) >= 11 is 0. The standard InChI is InChI=1S/C8H12F2N4/c1-14-5-12-13-7(14)6-2-3-11-4-8(6,9)10/h5-6,11H,2-4H2,1H3. The Labute approximate surface area is 80.3 Å². The first-order valence-electron chi connectivity index (χ1n) is 4.54. The van der Waals surface area contributed by atoms with Crippen molar-refractivity contribution < 1.29 is 8.78 Å². The lowest BCUT2D eigenvalue weighted by molar-refractivity contribution is -0.0453. The number of aryl methyl sites for hydroxylation is 1. The van der Waals surface area contributed by atoms with Gasteiger partial charge in [-0.05, 0) is 13.0 Å². The molecule has 1 atom stereocenters. The molecule has 4 nitrogen and oxygen atoms in total. The molecule has 1 fully saturated rings. The number of alkyl halides is 2. The minimum absolute atomic E-state index is 0.273. The number of hydrogen-bond acceptors (Lipinski definition) is 3. The van der Waals surface area contributed by atoms with Gasteiger partial charge in [0.1, 0.15) is 12.2 Å². The van der Waals surface area contributed by atoms with Crippen molar-refractivity contribution in [1.29, 1.82) is 0 Å². The second-order valence-electron chi connectivity index (χ2n) is 3.58. The van der Waals surface area contributed by atoms with E-state index >= 15 is 0 Å². The highest BCUT2D eigenvalue weighted by Crippen LogP contribution is 2.36. The van der Waals surface area contributed by atoms with Crippen molar-refractivity contribution in [1.82, 2.24) is 20.1 Å². The van der Waals surface area contributed by atoms with E-state index in [-0.39, 0.29) is 6.54 Å². The van der Waals surface area contributed by atoms with Crippen LogP contribution < -0.4 is 5.32 Å². The lowest BCUT2D eigenvalue weighted by Gasteiger charge is -2.30. The van der Waals surface area contributed by atoms with Gasteiger partial charge in [0.2, 0.25) is 0 Å². The predicted molar refractivity (Wildman–Crippen MR) is 46.2 cm³/mol. The molecule has 1 aromatic heterocycles. The zero-order valence-electron chi connectivity index (χ0n) is 7.87. The molecule has 0 aromatic carbocycles. The van der Waals surface area contributed by atoms with Crippen molar-refractivity contribution >= 4 is 0 Å². The SMILES string of the molecule is Cn1cnnc1C1CCNCC1(F)F. The maximum Gasteiger partial charge on any atom is 0.270 e. The molecule has 78 valence electrons. The Hall–Kier alpha value is -1.04. The monoisotopic (exact) mass is 202 g/mol. The quantitative estimate of drug-likeness (QED) is 0.722. The van der Waals surface area contributed by atoms with E-state index in [0.717, 1.165) is 0 Å². The van der Waals surface area contributed by atoms with E-state index in [0.29, 0.717) is 18.8 Å². The Morgan fingerprint density at radius 3 is 3.00 bits per heavy atom. The highest BCUT2D eigenvalue weighted by Gasteiger charge is 2.44. The molecule has 2 heterocycles. The van der Waals surface area contributed by atoms with E-state index < -0.39 is 11.8 Å². The Bertz CT molecular complexity index is 323. The Balaban J connectivity index is 2.28. The number of piperidine rings is 1. The third-order valence-corrected chi connectivity index (χ3v) is 2.54. The van der Waals surface area contributed by atoms with E-state index in [4.69, 9.17) is 0 Å². The first kappa shape index (κ1) is 9.51. The fraction of sp³-hybridized carbons (Fsp3) is 0.750. The predicted octanol–water partition coefficient (Wildman–Crippen LogP) is 0.527. The van der Waals surface area contributed by atoms with E-state index in [9.17, 15) is 8.78 Å². The largest absolute Gasteiger partial charge is 0.320 e. The molecule has 1 aliphatic heterocycles. The zero-order valence-corrected chi connectivity index (χ0v) is 7.87. The molecule has 1 aliphatic rings. The molecule has 14 heavy (non-hydrogen) atoms. The van der Waals surface area contributed by atoms with Crippen molar-refractivity contribution in [3.05, 3.63) is 12.2 Å². The van der Waals surface area contributed by atoms with Crippen LogP contribution in [0, 0.1) is 0 Å². The molecular weight excluding hydrogens is 190 g/mol. The summed E-state index contributed by atoms with van der Waals surface area (Å²) in [5.41, 5.74) is 0. The van der Waals surface area contributed by atoms with Gasteiger partial charge >= 0.3 is 0 Å². The molecule has 1 unspecified atom stereocenters. The van der Waals surface area contributed by atoms with Crippen LogP contribution in [-0.2, 0) is 7.05 Å². The molecule has 0 saturated carbocycles. The van der Waals surface area contributed by atoms with Crippen LogP contribution in [0.25, 0.3) is 0 Å². The highest BCUT2D eigenvalue weighted by molar-refractivity contribution is 5.05. The third kappa shape index (κ3) is 1.50. The van der Waals surface area contributed by atoms with Crippen LogP contribution in [0.4, 0.5) is 8.78 Å². The number of nitrogens with zero attached hydrogens (tertiary/aromatic N) is 3. The maximum absolute atomic E-state index is 13.5. The number of hydrogen-bond donors (Lipinski definition) is 1. The van der Waals surface area contributed by atoms with Crippen LogP contribution in [0.15, 0.2) is 6.33 Å².